The second kappa shape index (κ2) is 9.04. The van der Waals surface area contributed by atoms with Crippen LogP contribution in [-0.4, -0.2) is 19.2 Å². The maximum absolute atomic E-state index is 13.6. The molecule has 7 heteroatoms. The fourth-order valence-electron chi connectivity index (χ4n) is 4.31. The fraction of sp³-hybridized carbons (Fsp3) is 0.179. The zero-order valence-corrected chi connectivity index (χ0v) is 20.8. The summed E-state index contributed by atoms with van der Waals surface area (Å²) in [7, 11) is 0. The number of nitrogens with zero attached hydrogens (tertiary/aromatic N) is 4. The monoisotopic (exact) mass is 484 g/mol. The number of aromatic nitrogens is 4. The summed E-state index contributed by atoms with van der Waals surface area (Å²) in [6.07, 6.45) is 1.70. The lowest BCUT2D eigenvalue weighted by atomic mass is 10.1. The van der Waals surface area contributed by atoms with E-state index in [-0.39, 0.29) is 12.2 Å². The third-order valence-corrected chi connectivity index (χ3v) is 6.43. The SMILES string of the molecule is Cc1ccc(-n2nc(-c3c(C)nc4c(OCc5ccccc5Cl)cccn4c3=O)cc2C)c(C)c1. The van der Waals surface area contributed by atoms with Gasteiger partial charge in [-0.25, -0.2) is 9.67 Å². The van der Waals surface area contributed by atoms with Crippen molar-refractivity contribution >= 4 is 17.2 Å². The molecular formula is C28H25ClN4O2. The standard InChI is InChI=1S/C28H25ClN4O2/c1-17-11-12-24(18(2)14-17)33-19(3)15-23(31-33)26-20(4)30-27-25(10-7-13-32(27)28(26)34)35-16-21-8-5-6-9-22(21)29/h5-15H,16H2,1-4H3. The van der Waals surface area contributed by atoms with Gasteiger partial charge in [-0.1, -0.05) is 47.5 Å². The summed E-state index contributed by atoms with van der Waals surface area (Å²) in [5.74, 6) is 0.510. The number of halogens is 1. The summed E-state index contributed by atoms with van der Waals surface area (Å²) < 4.78 is 9.40. The van der Waals surface area contributed by atoms with Crippen molar-refractivity contribution in [2.75, 3.05) is 0 Å². The van der Waals surface area contributed by atoms with E-state index in [1.54, 1.807) is 18.3 Å². The van der Waals surface area contributed by atoms with E-state index < -0.39 is 0 Å². The van der Waals surface area contributed by atoms with Crippen molar-refractivity contribution in [3.05, 3.63) is 110 Å². The lowest BCUT2D eigenvalue weighted by Gasteiger charge is -2.12. The van der Waals surface area contributed by atoms with E-state index in [9.17, 15) is 4.79 Å². The Morgan fingerprint density at radius 2 is 1.77 bits per heavy atom. The molecule has 0 N–H and O–H groups in total. The molecule has 0 aliphatic carbocycles. The number of rotatable bonds is 5. The predicted molar refractivity (Wildman–Crippen MR) is 139 cm³/mol. The molecule has 0 atom stereocenters. The van der Waals surface area contributed by atoms with Gasteiger partial charge in [0.15, 0.2) is 11.4 Å². The van der Waals surface area contributed by atoms with Crippen LogP contribution >= 0.6 is 11.6 Å². The van der Waals surface area contributed by atoms with Crippen LogP contribution in [0.15, 0.2) is 71.7 Å². The molecule has 0 spiro atoms. The predicted octanol–water partition coefficient (Wildman–Crippen LogP) is 6.01. The van der Waals surface area contributed by atoms with E-state index in [2.05, 4.69) is 32.0 Å². The molecule has 0 saturated carbocycles. The Morgan fingerprint density at radius 3 is 2.54 bits per heavy atom. The average molecular weight is 485 g/mol. The van der Waals surface area contributed by atoms with Gasteiger partial charge in [-0.3, -0.25) is 9.20 Å². The van der Waals surface area contributed by atoms with Gasteiger partial charge < -0.3 is 4.74 Å². The Kier molecular flexibility index (Phi) is 5.91. The van der Waals surface area contributed by atoms with Gasteiger partial charge in [-0.2, -0.15) is 5.10 Å². The van der Waals surface area contributed by atoms with Crippen LogP contribution in [0.3, 0.4) is 0 Å². The Labute approximate surface area is 208 Å². The highest BCUT2D eigenvalue weighted by Crippen LogP contribution is 2.26. The average Bonchev–Trinajstić information content (AvgIpc) is 3.19. The molecule has 0 saturated heterocycles. The first-order chi connectivity index (χ1) is 16.8. The second-order valence-corrected chi connectivity index (χ2v) is 9.10. The highest BCUT2D eigenvalue weighted by molar-refractivity contribution is 6.31. The minimum atomic E-state index is -0.194. The maximum Gasteiger partial charge on any atom is 0.267 e. The molecule has 0 aliphatic rings. The van der Waals surface area contributed by atoms with Gasteiger partial charge in [0.2, 0.25) is 0 Å². The van der Waals surface area contributed by atoms with E-state index in [1.807, 2.05) is 48.9 Å². The van der Waals surface area contributed by atoms with Gasteiger partial charge >= 0.3 is 0 Å². The maximum atomic E-state index is 13.6. The lowest BCUT2D eigenvalue weighted by molar-refractivity contribution is 0.308. The number of ether oxygens (including phenoxy) is 1. The summed E-state index contributed by atoms with van der Waals surface area (Å²) in [6, 6.07) is 19.2. The van der Waals surface area contributed by atoms with Crippen LogP contribution in [0.25, 0.3) is 22.6 Å². The number of benzene rings is 2. The lowest BCUT2D eigenvalue weighted by Crippen LogP contribution is -2.19. The Balaban J connectivity index is 1.57. The smallest absolute Gasteiger partial charge is 0.267 e. The minimum Gasteiger partial charge on any atom is -0.485 e. The molecule has 0 radical (unpaired) electrons. The van der Waals surface area contributed by atoms with Crippen LogP contribution in [-0.2, 0) is 6.61 Å². The van der Waals surface area contributed by atoms with Gasteiger partial charge in [0.1, 0.15) is 12.3 Å². The van der Waals surface area contributed by atoms with Crippen LogP contribution in [0, 0.1) is 27.7 Å². The third kappa shape index (κ3) is 4.21. The number of aryl methyl sites for hydroxylation is 4. The van der Waals surface area contributed by atoms with E-state index in [0.717, 1.165) is 22.5 Å². The molecule has 176 valence electrons. The molecular weight excluding hydrogens is 460 g/mol. The summed E-state index contributed by atoms with van der Waals surface area (Å²) in [6.45, 7) is 8.21. The van der Waals surface area contributed by atoms with Crippen molar-refractivity contribution in [3.63, 3.8) is 0 Å². The van der Waals surface area contributed by atoms with Crippen LogP contribution in [0.1, 0.15) is 28.1 Å². The molecule has 35 heavy (non-hydrogen) atoms. The van der Waals surface area contributed by atoms with Crippen molar-refractivity contribution < 1.29 is 4.74 Å². The number of fused-ring (bicyclic) bond motifs is 1. The molecule has 0 unspecified atom stereocenters. The first-order valence-corrected chi connectivity index (χ1v) is 11.7. The molecule has 5 rings (SSSR count). The third-order valence-electron chi connectivity index (χ3n) is 6.06. The summed E-state index contributed by atoms with van der Waals surface area (Å²) in [5, 5.41) is 5.43. The first kappa shape index (κ1) is 22.9. The molecule has 5 aromatic rings. The van der Waals surface area contributed by atoms with Crippen molar-refractivity contribution in [3.8, 4) is 22.7 Å². The zero-order valence-electron chi connectivity index (χ0n) is 20.0. The zero-order chi connectivity index (χ0) is 24.7. The quantitative estimate of drug-likeness (QED) is 0.306. The first-order valence-electron chi connectivity index (χ1n) is 11.4. The largest absolute Gasteiger partial charge is 0.485 e. The van der Waals surface area contributed by atoms with E-state index in [0.29, 0.717) is 33.4 Å². The molecule has 6 nitrogen and oxygen atoms in total. The van der Waals surface area contributed by atoms with Crippen LogP contribution in [0.5, 0.6) is 5.75 Å². The Hall–Kier alpha value is -3.90. The van der Waals surface area contributed by atoms with E-state index in [1.165, 1.54) is 9.96 Å². The van der Waals surface area contributed by atoms with Gasteiger partial charge in [0, 0.05) is 22.5 Å². The highest BCUT2D eigenvalue weighted by atomic mass is 35.5. The van der Waals surface area contributed by atoms with Crippen LogP contribution in [0.2, 0.25) is 5.02 Å². The summed E-state index contributed by atoms with van der Waals surface area (Å²) in [5.41, 5.74) is 7.01. The van der Waals surface area contributed by atoms with Crippen LogP contribution < -0.4 is 10.3 Å². The number of hydrogen-bond donors (Lipinski definition) is 0. The van der Waals surface area contributed by atoms with Crippen molar-refractivity contribution in [2.45, 2.75) is 34.3 Å². The van der Waals surface area contributed by atoms with E-state index in [4.69, 9.17) is 26.4 Å². The normalized spacial score (nSPS) is 11.2. The van der Waals surface area contributed by atoms with Gasteiger partial charge in [-0.15, -0.1) is 0 Å². The molecule has 2 aromatic carbocycles. The summed E-state index contributed by atoms with van der Waals surface area (Å²) in [4.78, 5) is 18.3. The highest BCUT2D eigenvalue weighted by Gasteiger charge is 2.19. The molecule has 3 heterocycles. The number of pyridine rings is 1. The van der Waals surface area contributed by atoms with Gasteiger partial charge in [0.05, 0.1) is 16.9 Å². The van der Waals surface area contributed by atoms with Gasteiger partial charge in [0.25, 0.3) is 5.56 Å². The second-order valence-electron chi connectivity index (χ2n) is 8.70. The summed E-state index contributed by atoms with van der Waals surface area (Å²) >= 11 is 6.26. The Morgan fingerprint density at radius 1 is 0.971 bits per heavy atom. The topological polar surface area (TPSA) is 61.4 Å². The Bertz CT molecular complexity index is 1630. The molecule has 3 aromatic heterocycles. The molecule has 0 amide bonds. The van der Waals surface area contributed by atoms with Crippen LogP contribution in [0.4, 0.5) is 0 Å². The van der Waals surface area contributed by atoms with Gasteiger partial charge in [-0.05, 0) is 63.6 Å². The van der Waals surface area contributed by atoms with Crippen molar-refractivity contribution in [2.24, 2.45) is 0 Å². The van der Waals surface area contributed by atoms with E-state index >= 15 is 0 Å². The molecule has 0 bridgehead atoms. The fourth-order valence-corrected chi connectivity index (χ4v) is 4.50. The molecule has 0 fully saturated rings. The van der Waals surface area contributed by atoms with Crippen molar-refractivity contribution in [1.29, 1.82) is 0 Å². The molecule has 0 aliphatic heterocycles. The number of hydrogen-bond acceptors (Lipinski definition) is 4. The minimum absolute atomic E-state index is 0.194. The van der Waals surface area contributed by atoms with Crippen molar-refractivity contribution in [1.82, 2.24) is 19.2 Å².